The van der Waals surface area contributed by atoms with E-state index in [4.69, 9.17) is 9.84 Å². The molecule has 2 rings (SSSR count). The molecule has 21 heavy (non-hydrogen) atoms. The molecule has 0 aliphatic carbocycles. The number of nitrogens with zero attached hydrogens (tertiary/aromatic N) is 2. The second kappa shape index (κ2) is 7.41. The first kappa shape index (κ1) is 16.5. The molecule has 4 heteroatoms. The van der Waals surface area contributed by atoms with E-state index >= 15 is 0 Å². The predicted octanol–water partition coefficient (Wildman–Crippen LogP) is 3.33. The molecule has 0 spiro atoms. The van der Waals surface area contributed by atoms with Gasteiger partial charge in [0, 0.05) is 25.3 Å². The monoisotopic (exact) mass is 293 g/mol. The molecular weight excluding hydrogens is 262 g/mol. The first-order valence-corrected chi connectivity index (χ1v) is 8.54. The summed E-state index contributed by atoms with van der Waals surface area (Å²) in [6, 6.07) is 3.03. The predicted molar refractivity (Wildman–Crippen MR) is 86.6 cm³/mol. The number of aromatic nitrogens is 2. The Labute approximate surface area is 129 Å². The molecule has 1 aliphatic heterocycles. The highest BCUT2D eigenvalue weighted by molar-refractivity contribution is 5.06. The van der Waals surface area contributed by atoms with Crippen LogP contribution in [-0.4, -0.2) is 34.6 Å². The molecule has 2 unspecified atom stereocenters. The van der Waals surface area contributed by atoms with Gasteiger partial charge in [0.1, 0.15) is 0 Å². The van der Waals surface area contributed by atoms with Gasteiger partial charge in [-0.15, -0.1) is 0 Å². The van der Waals surface area contributed by atoms with Crippen LogP contribution in [0.1, 0.15) is 65.1 Å². The molecule has 120 valence electrons. The maximum atomic E-state index is 6.03. The van der Waals surface area contributed by atoms with Crippen LogP contribution in [0.2, 0.25) is 0 Å². The van der Waals surface area contributed by atoms with Gasteiger partial charge in [0.15, 0.2) is 0 Å². The molecule has 0 amide bonds. The van der Waals surface area contributed by atoms with Crippen LogP contribution in [0, 0.1) is 0 Å². The lowest BCUT2D eigenvalue weighted by Crippen LogP contribution is -2.49. The van der Waals surface area contributed by atoms with Crippen molar-refractivity contribution in [2.75, 3.05) is 13.2 Å². The third-order valence-electron chi connectivity index (χ3n) is 4.83. The topological polar surface area (TPSA) is 39.1 Å². The van der Waals surface area contributed by atoms with Crippen LogP contribution in [0.4, 0.5) is 0 Å². The fourth-order valence-corrected chi connectivity index (χ4v) is 3.39. The number of hydrogen-bond donors (Lipinski definition) is 1. The SMILES string of the molecule is CCNC(Cc1ccn(C(CC)CC)n1)C1(C)CCCO1. The van der Waals surface area contributed by atoms with Crippen molar-refractivity contribution in [1.29, 1.82) is 0 Å². The summed E-state index contributed by atoms with van der Waals surface area (Å²) in [6.45, 7) is 10.7. The quantitative estimate of drug-likeness (QED) is 0.799. The Morgan fingerprint density at radius 3 is 2.71 bits per heavy atom. The van der Waals surface area contributed by atoms with E-state index in [9.17, 15) is 0 Å². The fraction of sp³-hybridized carbons (Fsp3) is 0.824. The van der Waals surface area contributed by atoms with Crippen molar-refractivity contribution in [3.05, 3.63) is 18.0 Å². The number of ether oxygens (including phenoxy) is 1. The summed E-state index contributed by atoms with van der Waals surface area (Å²) in [6.07, 6.45) is 7.65. The zero-order chi connectivity index (χ0) is 15.3. The Bertz CT molecular complexity index is 419. The van der Waals surface area contributed by atoms with Crippen molar-refractivity contribution in [2.24, 2.45) is 0 Å². The maximum Gasteiger partial charge on any atom is 0.0811 e. The smallest absolute Gasteiger partial charge is 0.0811 e. The summed E-state index contributed by atoms with van der Waals surface area (Å²) in [4.78, 5) is 0. The van der Waals surface area contributed by atoms with Gasteiger partial charge in [0.2, 0.25) is 0 Å². The van der Waals surface area contributed by atoms with E-state index in [1.165, 1.54) is 12.1 Å². The fourth-order valence-electron chi connectivity index (χ4n) is 3.39. The summed E-state index contributed by atoms with van der Waals surface area (Å²) < 4.78 is 8.16. The normalized spacial score (nSPS) is 23.9. The molecule has 1 fully saturated rings. The number of nitrogens with one attached hydrogen (secondary N) is 1. The molecule has 0 saturated carbocycles. The van der Waals surface area contributed by atoms with Gasteiger partial charge >= 0.3 is 0 Å². The van der Waals surface area contributed by atoms with Gasteiger partial charge in [-0.1, -0.05) is 20.8 Å². The molecule has 0 radical (unpaired) electrons. The Morgan fingerprint density at radius 2 is 2.14 bits per heavy atom. The van der Waals surface area contributed by atoms with E-state index in [-0.39, 0.29) is 5.60 Å². The molecule has 0 aromatic carbocycles. The molecule has 4 nitrogen and oxygen atoms in total. The standard InChI is InChI=1S/C17H31N3O/c1-5-15(6-2)20-11-9-14(19-20)13-16(18-7-3)17(4)10-8-12-21-17/h9,11,15-16,18H,5-8,10,12-13H2,1-4H3. The first-order valence-electron chi connectivity index (χ1n) is 8.54. The Kier molecular flexibility index (Phi) is 5.82. The molecule has 2 heterocycles. The van der Waals surface area contributed by atoms with Crippen LogP contribution < -0.4 is 5.32 Å². The van der Waals surface area contributed by atoms with Gasteiger partial charge in [-0.05, 0) is 45.2 Å². The number of likely N-dealkylation sites (N-methyl/N-ethyl adjacent to an activating group) is 1. The van der Waals surface area contributed by atoms with Crippen molar-refractivity contribution in [3.8, 4) is 0 Å². The van der Waals surface area contributed by atoms with Gasteiger partial charge in [-0.25, -0.2) is 0 Å². The Morgan fingerprint density at radius 1 is 1.38 bits per heavy atom. The molecule has 1 saturated heterocycles. The first-order chi connectivity index (χ1) is 10.1. The summed E-state index contributed by atoms with van der Waals surface area (Å²) in [5, 5.41) is 8.40. The minimum atomic E-state index is -0.0469. The van der Waals surface area contributed by atoms with E-state index < -0.39 is 0 Å². The second-order valence-corrected chi connectivity index (χ2v) is 6.34. The van der Waals surface area contributed by atoms with Crippen LogP contribution in [0.15, 0.2) is 12.3 Å². The Balaban J connectivity index is 2.06. The van der Waals surface area contributed by atoms with Crippen molar-refractivity contribution in [1.82, 2.24) is 15.1 Å². The third-order valence-corrected chi connectivity index (χ3v) is 4.83. The third kappa shape index (κ3) is 3.86. The summed E-state index contributed by atoms with van der Waals surface area (Å²) in [5.74, 6) is 0. The number of rotatable bonds is 8. The van der Waals surface area contributed by atoms with E-state index in [1.807, 2.05) is 0 Å². The lowest BCUT2D eigenvalue weighted by molar-refractivity contribution is -0.0113. The highest BCUT2D eigenvalue weighted by atomic mass is 16.5. The van der Waals surface area contributed by atoms with Gasteiger partial charge in [0.05, 0.1) is 17.3 Å². The average Bonchev–Trinajstić information content (AvgIpc) is 3.10. The van der Waals surface area contributed by atoms with Gasteiger partial charge in [-0.3, -0.25) is 4.68 Å². The van der Waals surface area contributed by atoms with Crippen LogP contribution in [0.5, 0.6) is 0 Å². The van der Waals surface area contributed by atoms with Crippen LogP contribution in [0.25, 0.3) is 0 Å². The Hall–Kier alpha value is -0.870. The molecule has 1 aromatic heterocycles. The molecule has 2 atom stereocenters. The summed E-state index contributed by atoms with van der Waals surface area (Å²) in [5.41, 5.74) is 1.12. The lowest BCUT2D eigenvalue weighted by atomic mass is 9.89. The van der Waals surface area contributed by atoms with E-state index in [2.05, 4.69) is 50.0 Å². The highest BCUT2D eigenvalue weighted by Crippen LogP contribution is 2.30. The zero-order valence-electron chi connectivity index (χ0n) is 14.1. The average molecular weight is 293 g/mol. The minimum absolute atomic E-state index is 0.0469. The second-order valence-electron chi connectivity index (χ2n) is 6.34. The molecule has 1 aliphatic rings. The lowest BCUT2D eigenvalue weighted by Gasteiger charge is -2.33. The maximum absolute atomic E-state index is 6.03. The van der Waals surface area contributed by atoms with Crippen molar-refractivity contribution >= 4 is 0 Å². The van der Waals surface area contributed by atoms with Crippen LogP contribution >= 0.6 is 0 Å². The molecular formula is C17H31N3O. The minimum Gasteiger partial charge on any atom is -0.374 e. The van der Waals surface area contributed by atoms with E-state index in [1.54, 1.807) is 0 Å². The van der Waals surface area contributed by atoms with Crippen molar-refractivity contribution in [3.63, 3.8) is 0 Å². The van der Waals surface area contributed by atoms with Crippen molar-refractivity contribution < 1.29 is 4.74 Å². The summed E-state index contributed by atoms with van der Waals surface area (Å²) in [7, 11) is 0. The summed E-state index contributed by atoms with van der Waals surface area (Å²) >= 11 is 0. The van der Waals surface area contributed by atoms with Crippen molar-refractivity contribution in [2.45, 2.75) is 77.5 Å². The molecule has 0 bridgehead atoms. The van der Waals surface area contributed by atoms with Gasteiger partial charge < -0.3 is 10.1 Å². The van der Waals surface area contributed by atoms with Gasteiger partial charge in [-0.2, -0.15) is 5.10 Å². The number of hydrogen-bond acceptors (Lipinski definition) is 3. The van der Waals surface area contributed by atoms with Gasteiger partial charge in [0.25, 0.3) is 0 Å². The zero-order valence-corrected chi connectivity index (χ0v) is 14.1. The van der Waals surface area contributed by atoms with Crippen LogP contribution in [-0.2, 0) is 11.2 Å². The molecule has 1 N–H and O–H groups in total. The van der Waals surface area contributed by atoms with Crippen LogP contribution in [0.3, 0.4) is 0 Å². The molecule has 1 aromatic rings. The largest absolute Gasteiger partial charge is 0.374 e. The van der Waals surface area contributed by atoms with E-state index in [0.29, 0.717) is 12.1 Å². The van der Waals surface area contributed by atoms with E-state index in [0.717, 1.165) is 38.8 Å². The highest BCUT2D eigenvalue weighted by Gasteiger charge is 2.38.